The second-order valence-corrected chi connectivity index (χ2v) is 5.42. The molecule has 0 heterocycles. The number of carbonyl (C=O) groups is 3. The lowest BCUT2D eigenvalue weighted by Gasteiger charge is -2.13. The lowest BCUT2D eigenvalue weighted by Crippen LogP contribution is -2.38. The Labute approximate surface area is 150 Å². The predicted molar refractivity (Wildman–Crippen MR) is 93.3 cm³/mol. The van der Waals surface area contributed by atoms with Crippen LogP contribution >= 0.6 is 0 Å². The van der Waals surface area contributed by atoms with E-state index in [2.05, 4.69) is 5.32 Å². The number of Topliss-reactive ketones (excluding diaryl/α,β-unsaturated/α-hetero) is 1. The summed E-state index contributed by atoms with van der Waals surface area (Å²) in [5.74, 6) is -1.24. The zero-order valence-corrected chi connectivity index (χ0v) is 14.2. The number of esters is 1. The lowest BCUT2D eigenvalue weighted by molar-refractivity contribution is -0.139. The number of carboxylic acid groups (broad SMARTS) is 1. The first-order valence-electron chi connectivity index (χ1n) is 7.91. The molecule has 0 unspecified atom stereocenters. The van der Waals surface area contributed by atoms with Crippen LogP contribution in [0.15, 0.2) is 54.6 Å². The second kappa shape index (κ2) is 9.33. The molecule has 0 aromatic heterocycles. The van der Waals surface area contributed by atoms with Crippen LogP contribution in [0.4, 0.5) is 0 Å². The summed E-state index contributed by atoms with van der Waals surface area (Å²) in [4.78, 5) is 34.8. The fourth-order valence-electron chi connectivity index (χ4n) is 2.18. The number of para-hydroxylation sites is 1. The second-order valence-electron chi connectivity index (χ2n) is 5.42. The van der Waals surface area contributed by atoms with Crippen molar-refractivity contribution >= 4 is 17.7 Å². The fourth-order valence-corrected chi connectivity index (χ4v) is 2.18. The van der Waals surface area contributed by atoms with E-state index in [1.54, 1.807) is 24.3 Å². The molecule has 0 saturated heterocycles. The molecule has 0 spiro atoms. The van der Waals surface area contributed by atoms with E-state index >= 15 is 0 Å². The summed E-state index contributed by atoms with van der Waals surface area (Å²) in [5, 5.41) is 11.3. The highest BCUT2D eigenvalue weighted by molar-refractivity contribution is 5.94. The first-order valence-corrected chi connectivity index (χ1v) is 7.91. The highest BCUT2D eigenvalue weighted by atomic mass is 16.5. The highest BCUT2D eigenvalue weighted by Gasteiger charge is 2.21. The van der Waals surface area contributed by atoms with E-state index in [0.29, 0.717) is 11.5 Å². The van der Waals surface area contributed by atoms with Gasteiger partial charge in [-0.15, -0.1) is 0 Å². The zero-order chi connectivity index (χ0) is 18.9. The maximum absolute atomic E-state index is 12.1. The molecule has 0 aliphatic heterocycles. The number of hydrogen-bond acceptors (Lipinski definition) is 6. The monoisotopic (exact) mass is 357 g/mol. The maximum Gasteiger partial charge on any atom is 0.338 e. The number of ketones is 1. The van der Waals surface area contributed by atoms with Gasteiger partial charge in [0.15, 0.2) is 12.4 Å². The van der Waals surface area contributed by atoms with Crippen molar-refractivity contribution in [3.8, 4) is 11.5 Å². The molecule has 26 heavy (non-hydrogen) atoms. The molecule has 0 aliphatic rings. The summed E-state index contributed by atoms with van der Waals surface area (Å²) < 4.78 is 10.6. The van der Waals surface area contributed by atoms with Crippen molar-refractivity contribution in [3.63, 3.8) is 0 Å². The molecule has 0 amide bonds. The minimum Gasteiger partial charge on any atom is -0.481 e. The molecule has 0 aliphatic carbocycles. The number of rotatable bonds is 9. The van der Waals surface area contributed by atoms with Crippen molar-refractivity contribution in [2.24, 2.45) is 0 Å². The van der Waals surface area contributed by atoms with E-state index in [1.165, 1.54) is 19.2 Å². The first kappa shape index (κ1) is 19.1. The lowest BCUT2D eigenvalue weighted by atomic mass is 10.1. The Balaban J connectivity index is 1.96. The molecule has 0 saturated carbocycles. The highest BCUT2D eigenvalue weighted by Crippen LogP contribution is 2.22. The van der Waals surface area contributed by atoms with E-state index < -0.39 is 30.4 Å². The van der Waals surface area contributed by atoms with Gasteiger partial charge in [-0.05, 0) is 37.4 Å². The van der Waals surface area contributed by atoms with Gasteiger partial charge in [0.1, 0.15) is 11.5 Å². The maximum atomic E-state index is 12.1. The first-order chi connectivity index (χ1) is 12.5. The zero-order valence-electron chi connectivity index (χ0n) is 14.2. The molecule has 136 valence electrons. The van der Waals surface area contributed by atoms with Crippen molar-refractivity contribution in [2.75, 3.05) is 13.7 Å². The van der Waals surface area contributed by atoms with Gasteiger partial charge in [-0.25, -0.2) is 4.79 Å². The van der Waals surface area contributed by atoms with Crippen LogP contribution in [0.3, 0.4) is 0 Å². The number of aliphatic carboxylic acids is 1. The van der Waals surface area contributed by atoms with Gasteiger partial charge >= 0.3 is 11.9 Å². The van der Waals surface area contributed by atoms with Gasteiger partial charge in [0, 0.05) is 0 Å². The van der Waals surface area contributed by atoms with E-state index in [9.17, 15) is 14.4 Å². The number of hydrogen-bond donors (Lipinski definition) is 2. The number of nitrogens with one attached hydrogen (secondary N) is 1. The number of carboxylic acids is 1. The van der Waals surface area contributed by atoms with Gasteiger partial charge in [-0.2, -0.15) is 0 Å². The third-order valence-corrected chi connectivity index (χ3v) is 3.51. The molecule has 0 fully saturated rings. The predicted octanol–water partition coefficient (Wildman–Crippen LogP) is 2.27. The minimum absolute atomic E-state index is 0.227. The third kappa shape index (κ3) is 5.71. The standard InChI is InChI=1S/C19H19NO6/c1-20-16(11-18(22)23)17(21)12-25-19(24)13-6-5-9-15(10-13)26-14-7-3-2-4-8-14/h2-10,16,20H,11-12H2,1H3,(H,22,23)/t16-/m0/s1. The Kier molecular flexibility index (Phi) is 6.87. The van der Waals surface area contributed by atoms with Gasteiger partial charge in [0.05, 0.1) is 18.0 Å². The van der Waals surface area contributed by atoms with Gasteiger partial charge in [-0.3, -0.25) is 9.59 Å². The number of benzene rings is 2. The van der Waals surface area contributed by atoms with Crippen LogP contribution in [0.2, 0.25) is 0 Å². The molecule has 2 aromatic carbocycles. The van der Waals surface area contributed by atoms with E-state index in [4.69, 9.17) is 14.6 Å². The van der Waals surface area contributed by atoms with Crippen LogP contribution in [0.5, 0.6) is 11.5 Å². The molecule has 2 N–H and O–H groups in total. The fraction of sp³-hybridized carbons (Fsp3) is 0.211. The SMILES string of the molecule is CN[C@@H](CC(=O)O)C(=O)COC(=O)c1cccc(Oc2ccccc2)c1. The smallest absolute Gasteiger partial charge is 0.338 e. The summed E-state index contributed by atoms with van der Waals surface area (Å²) >= 11 is 0. The molecular formula is C19H19NO6. The van der Waals surface area contributed by atoms with Crippen LogP contribution in [0, 0.1) is 0 Å². The molecule has 0 bridgehead atoms. The number of ether oxygens (including phenoxy) is 2. The van der Waals surface area contributed by atoms with E-state index in [-0.39, 0.29) is 12.0 Å². The molecule has 7 heteroatoms. The van der Waals surface area contributed by atoms with Gasteiger partial charge < -0.3 is 19.9 Å². The van der Waals surface area contributed by atoms with Crippen LogP contribution in [-0.4, -0.2) is 42.5 Å². The molecule has 0 radical (unpaired) electrons. The van der Waals surface area contributed by atoms with E-state index in [0.717, 1.165) is 0 Å². The minimum atomic E-state index is -1.12. The Hall–Kier alpha value is -3.19. The summed E-state index contributed by atoms with van der Waals surface area (Å²) in [6, 6.07) is 14.5. The molecule has 7 nitrogen and oxygen atoms in total. The van der Waals surface area contributed by atoms with Crippen molar-refractivity contribution in [1.29, 1.82) is 0 Å². The number of likely N-dealkylation sites (N-methyl/N-ethyl adjacent to an activating group) is 1. The van der Waals surface area contributed by atoms with Crippen molar-refractivity contribution in [3.05, 3.63) is 60.2 Å². The normalized spacial score (nSPS) is 11.4. The third-order valence-electron chi connectivity index (χ3n) is 3.51. The molecule has 1 atom stereocenters. The molecular weight excluding hydrogens is 338 g/mol. The summed E-state index contributed by atoms with van der Waals surface area (Å²) in [6.07, 6.45) is -0.382. The summed E-state index contributed by atoms with van der Waals surface area (Å²) in [6.45, 7) is -0.513. The number of carbonyl (C=O) groups excluding carboxylic acids is 2. The summed E-state index contributed by atoms with van der Waals surface area (Å²) in [5.41, 5.74) is 0.227. The van der Waals surface area contributed by atoms with Gasteiger partial charge in [-0.1, -0.05) is 24.3 Å². The van der Waals surface area contributed by atoms with Gasteiger partial charge in [0.25, 0.3) is 0 Å². The van der Waals surface area contributed by atoms with Crippen molar-refractivity contribution in [2.45, 2.75) is 12.5 Å². The molecule has 2 aromatic rings. The van der Waals surface area contributed by atoms with Crippen LogP contribution < -0.4 is 10.1 Å². The average Bonchev–Trinajstić information content (AvgIpc) is 2.64. The average molecular weight is 357 g/mol. The Morgan fingerprint density at radius 1 is 1.04 bits per heavy atom. The van der Waals surface area contributed by atoms with Crippen LogP contribution in [0.25, 0.3) is 0 Å². The van der Waals surface area contributed by atoms with Crippen molar-refractivity contribution in [1.82, 2.24) is 5.32 Å². The Bertz CT molecular complexity index is 775. The summed E-state index contributed by atoms with van der Waals surface area (Å²) in [7, 11) is 1.47. The Morgan fingerprint density at radius 2 is 1.73 bits per heavy atom. The largest absolute Gasteiger partial charge is 0.481 e. The van der Waals surface area contributed by atoms with Gasteiger partial charge in [0.2, 0.25) is 0 Å². The molecule has 2 rings (SSSR count). The van der Waals surface area contributed by atoms with E-state index in [1.807, 2.05) is 18.2 Å². The van der Waals surface area contributed by atoms with Crippen LogP contribution in [-0.2, 0) is 14.3 Å². The van der Waals surface area contributed by atoms with Crippen LogP contribution in [0.1, 0.15) is 16.8 Å². The Morgan fingerprint density at radius 3 is 2.38 bits per heavy atom. The quantitative estimate of drug-likeness (QED) is 0.664. The topological polar surface area (TPSA) is 102 Å². The van der Waals surface area contributed by atoms with Crippen molar-refractivity contribution < 1.29 is 29.0 Å².